The molecular weight excluding hydrogens is 627 g/mol. The fraction of sp³-hybridized carbons (Fsp3) is 0.176. The molecule has 0 saturated carbocycles. The van der Waals surface area contributed by atoms with Gasteiger partial charge in [0.25, 0.3) is 11.8 Å². The van der Waals surface area contributed by atoms with Gasteiger partial charge in [0.05, 0.1) is 10.0 Å². The van der Waals surface area contributed by atoms with Gasteiger partial charge in [0.2, 0.25) is 12.1 Å². The number of halogens is 2. The van der Waals surface area contributed by atoms with E-state index in [1.54, 1.807) is 60.7 Å². The van der Waals surface area contributed by atoms with Crippen LogP contribution in [0.3, 0.4) is 0 Å². The average molecular weight is 658 g/mol. The summed E-state index contributed by atoms with van der Waals surface area (Å²) in [4.78, 5) is 49.9. The quantitative estimate of drug-likeness (QED) is 0.123. The van der Waals surface area contributed by atoms with Crippen LogP contribution < -0.4 is 10.6 Å². The Labute approximate surface area is 275 Å². The Kier molecular flexibility index (Phi) is 11.2. The number of ketones is 2. The van der Waals surface area contributed by atoms with Crippen LogP contribution >= 0.6 is 23.2 Å². The molecule has 0 aliphatic rings. The van der Waals surface area contributed by atoms with E-state index in [4.69, 9.17) is 23.2 Å². The first-order valence-corrected chi connectivity index (χ1v) is 14.8. The normalized spacial score (nSPS) is 12.6. The molecular formula is C34H30Cl2N6O4. The summed E-state index contributed by atoms with van der Waals surface area (Å²) in [6.07, 6.45) is 0. The van der Waals surface area contributed by atoms with E-state index in [-0.39, 0.29) is 21.4 Å². The number of hydrogen-bond donors (Lipinski definition) is 2. The zero-order valence-corrected chi connectivity index (χ0v) is 26.9. The van der Waals surface area contributed by atoms with Crippen LogP contribution in [0.2, 0.25) is 10.0 Å². The number of carbonyl (C=O) groups is 4. The second-order valence-electron chi connectivity index (χ2n) is 10.4. The molecule has 0 aliphatic carbocycles. The molecule has 4 rings (SSSR count). The molecule has 0 fully saturated rings. The van der Waals surface area contributed by atoms with E-state index >= 15 is 0 Å². The van der Waals surface area contributed by atoms with Crippen LogP contribution in [0.15, 0.2) is 105 Å². The van der Waals surface area contributed by atoms with Crippen molar-refractivity contribution < 1.29 is 19.2 Å². The van der Waals surface area contributed by atoms with E-state index < -0.39 is 35.5 Å². The molecule has 0 aliphatic heterocycles. The number of benzene rings is 4. The first kappa shape index (κ1) is 33.8. The van der Waals surface area contributed by atoms with Crippen LogP contribution in [-0.2, 0) is 19.2 Å². The molecule has 2 amide bonds. The summed E-state index contributed by atoms with van der Waals surface area (Å²) in [5.41, 5.74) is 4.72. The second kappa shape index (κ2) is 15.3. The molecule has 4 aromatic rings. The summed E-state index contributed by atoms with van der Waals surface area (Å²) in [6.45, 7) is 6.20. The highest BCUT2D eigenvalue weighted by Crippen LogP contribution is 2.35. The maximum absolute atomic E-state index is 12.8. The Morgan fingerprint density at radius 1 is 0.587 bits per heavy atom. The highest BCUT2D eigenvalue weighted by molar-refractivity contribution is 6.34. The summed E-state index contributed by atoms with van der Waals surface area (Å²) in [6, 6.07) is 21.6. The van der Waals surface area contributed by atoms with Crippen molar-refractivity contribution in [1.29, 1.82) is 0 Å². The van der Waals surface area contributed by atoms with Gasteiger partial charge in [-0.15, -0.1) is 0 Å². The number of rotatable bonds is 11. The van der Waals surface area contributed by atoms with Gasteiger partial charge in [0.1, 0.15) is 11.4 Å². The molecule has 10 nitrogen and oxygen atoms in total. The molecule has 0 unspecified atom stereocenters. The maximum Gasteiger partial charge on any atom is 0.258 e. The maximum atomic E-state index is 12.8. The van der Waals surface area contributed by atoms with Crippen LogP contribution in [0.25, 0.3) is 11.1 Å². The monoisotopic (exact) mass is 656 g/mol. The molecule has 46 heavy (non-hydrogen) atoms. The van der Waals surface area contributed by atoms with E-state index in [2.05, 4.69) is 31.1 Å². The number of amides is 2. The average Bonchev–Trinajstić information content (AvgIpc) is 3.00. The van der Waals surface area contributed by atoms with Gasteiger partial charge in [-0.05, 0) is 86.3 Å². The van der Waals surface area contributed by atoms with Crippen molar-refractivity contribution >= 4 is 69.3 Å². The lowest BCUT2D eigenvalue weighted by Crippen LogP contribution is -2.32. The van der Waals surface area contributed by atoms with Crippen LogP contribution in [0, 0.1) is 13.8 Å². The van der Waals surface area contributed by atoms with E-state index in [1.807, 2.05) is 38.1 Å². The number of azo groups is 2. The number of para-hydroxylation sites is 2. The van der Waals surface area contributed by atoms with Crippen molar-refractivity contribution in [1.82, 2.24) is 0 Å². The Morgan fingerprint density at radius 3 is 1.28 bits per heavy atom. The smallest absolute Gasteiger partial charge is 0.258 e. The van der Waals surface area contributed by atoms with Crippen molar-refractivity contribution in [2.45, 2.75) is 39.8 Å². The molecule has 2 atom stereocenters. The Bertz CT molecular complexity index is 1740. The van der Waals surface area contributed by atoms with Crippen molar-refractivity contribution in [2.75, 3.05) is 10.6 Å². The Balaban J connectivity index is 1.47. The lowest BCUT2D eigenvalue weighted by Gasteiger charge is -2.11. The summed E-state index contributed by atoms with van der Waals surface area (Å²) in [5, 5.41) is 22.0. The molecule has 0 heterocycles. The van der Waals surface area contributed by atoms with Crippen LogP contribution in [0.5, 0.6) is 0 Å². The number of nitrogens with one attached hydrogen (secondary N) is 2. The minimum absolute atomic E-state index is 0.228. The van der Waals surface area contributed by atoms with Crippen LogP contribution in [-0.4, -0.2) is 35.5 Å². The first-order valence-electron chi connectivity index (χ1n) is 14.1. The topological polar surface area (TPSA) is 142 Å². The lowest BCUT2D eigenvalue weighted by atomic mass is 10.0. The third-order valence-electron chi connectivity index (χ3n) is 6.86. The van der Waals surface area contributed by atoms with Gasteiger partial charge in [0, 0.05) is 11.4 Å². The number of nitrogens with zero attached hydrogens (tertiary/aromatic N) is 4. The first-order chi connectivity index (χ1) is 21.9. The summed E-state index contributed by atoms with van der Waals surface area (Å²) in [5.74, 6) is -2.16. The highest BCUT2D eigenvalue weighted by atomic mass is 35.5. The Morgan fingerprint density at radius 2 is 0.957 bits per heavy atom. The standard InChI is InChI=1S/C34H30Cl2N6O4/c1-19-9-5-7-11-27(19)37-33(45)31(21(3)43)41-39-29-15-13-23(17-25(29)35)24-14-16-30(26(36)18-24)40-42-32(22(4)44)34(46)38-28-12-8-6-10-20(28)2/h5-18,31-32H,1-4H3,(H,37,45)(H,38,46)/t31-,32-/m1/s1. The molecule has 12 heteroatoms. The predicted octanol–water partition coefficient (Wildman–Crippen LogP) is 8.64. The summed E-state index contributed by atoms with van der Waals surface area (Å²) in [7, 11) is 0. The molecule has 0 aromatic heterocycles. The van der Waals surface area contributed by atoms with Gasteiger partial charge >= 0.3 is 0 Å². The number of Topliss-reactive ketones (excluding diaryl/α,β-unsaturated/α-hetero) is 2. The zero-order chi connectivity index (χ0) is 33.4. The SMILES string of the molecule is CC(=O)[C@@H](N=Nc1ccc(-c2ccc(N=N[C@H](C(C)=O)C(=O)Nc3ccccc3C)c(Cl)c2)cc1Cl)C(=O)Nc1ccccc1C. The van der Waals surface area contributed by atoms with E-state index in [1.165, 1.54) is 13.8 Å². The Hall–Kier alpha value is -5.06. The minimum atomic E-state index is -1.35. The fourth-order valence-electron chi connectivity index (χ4n) is 4.24. The van der Waals surface area contributed by atoms with Crippen molar-refractivity contribution in [2.24, 2.45) is 20.5 Å². The summed E-state index contributed by atoms with van der Waals surface area (Å²) >= 11 is 13.0. The number of hydrogen-bond acceptors (Lipinski definition) is 8. The minimum Gasteiger partial charge on any atom is -0.324 e. The largest absolute Gasteiger partial charge is 0.324 e. The predicted molar refractivity (Wildman–Crippen MR) is 179 cm³/mol. The van der Waals surface area contributed by atoms with E-state index in [9.17, 15) is 19.2 Å². The molecule has 0 saturated heterocycles. The molecule has 4 aromatic carbocycles. The third-order valence-corrected chi connectivity index (χ3v) is 7.47. The molecule has 0 spiro atoms. The van der Waals surface area contributed by atoms with Crippen molar-refractivity contribution in [3.8, 4) is 11.1 Å². The number of anilines is 2. The van der Waals surface area contributed by atoms with Gasteiger partial charge in [-0.1, -0.05) is 71.7 Å². The van der Waals surface area contributed by atoms with Crippen molar-refractivity contribution in [3.05, 3.63) is 106 Å². The molecule has 0 bridgehead atoms. The van der Waals surface area contributed by atoms with Gasteiger partial charge in [-0.3, -0.25) is 19.2 Å². The third kappa shape index (κ3) is 8.56. The van der Waals surface area contributed by atoms with Crippen molar-refractivity contribution in [3.63, 3.8) is 0 Å². The molecule has 0 radical (unpaired) electrons. The lowest BCUT2D eigenvalue weighted by molar-refractivity contribution is -0.127. The van der Waals surface area contributed by atoms with Crippen LogP contribution in [0.4, 0.5) is 22.7 Å². The zero-order valence-electron chi connectivity index (χ0n) is 25.4. The molecule has 234 valence electrons. The number of carbonyl (C=O) groups excluding carboxylic acids is 4. The van der Waals surface area contributed by atoms with E-state index in [0.717, 1.165) is 11.1 Å². The molecule has 2 N–H and O–H groups in total. The highest BCUT2D eigenvalue weighted by Gasteiger charge is 2.25. The van der Waals surface area contributed by atoms with Gasteiger partial charge < -0.3 is 10.6 Å². The fourth-order valence-corrected chi connectivity index (χ4v) is 4.68. The van der Waals surface area contributed by atoms with Gasteiger partial charge in [-0.2, -0.15) is 20.5 Å². The van der Waals surface area contributed by atoms with Gasteiger partial charge in [0.15, 0.2) is 11.6 Å². The summed E-state index contributed by atoms with van der Waals surface area (Å²) < 4.78 is 0. The van der Waals surface area contributed by atoms with Crippen LogP contribution in [0.1, 0.15) is 25.0 Å². The van der Waals surface area contributed by atoms with Gasteiger partial charge in [-0.25, -0.2) is 0 Å². The van der Waals surface area contributed by atoms with E-state index in [0.29, 0.717) is 22.5 Å². The number of aryl methyl sites for hydroxylation is 2. The second-order valence-corrected chi connectivity index (χ2v) is 11.2.